The Hall–Kier alpha value is -0.980. The van der Waals surface area contributed by atoms with Crippen molar-refractivity contribution in [2.45, 2.75) is 41.2 Å². The molecule has 0 amide bonds. The third-order valence-electron chi connectivity index (χ3n) is 3.85. The Bertz CT molecular complexity index is 720. The quantitative estimate of drug-likeness (QED) is 0.560. The van der Waals surface area contributed by atoms with Crippen LogP contribution in [0.15, 0.2) is 52.3 Å². The maximum atomic E-state index is 11.6. The number of rotatable bonds is 7. The van der Waals surface area contributed by atoms with E-state index in [9.17, 15) is 9.35 Å². The van der Waals surface area contributed by atoms with Crippen LogP contribution in [0.5, 0.6) is 0 Å². The lowest BCUT2D eigenvalue weighted by Crippen LogP contribution is -2.38. The zero-order valence-electron chi connectivity index (χ0n) is 13.6. The minimum absolute atomic E-state index is 0.467. The largest absolute Gasteiger partial charge is 0.598 e. The average Bonchev–Trinajstić information content (AvgIpc) is 2.55. The number of nitrogens with two attached hydrogens (primary N) is 1. The fourth-order valence-corrected chi connectivity index (χ4v) is 3.86. The van der Waals surface area contributed by atoms with Gasteiger partial charge in [-0.2, -0.15) is 5.14 Å². The maximum absolute atomic E-state index is 11.6. The third-order valence-corrected chi connectivity index (χ3v) is 6.85. The Balaban J connectivity index is 2.29. The maximum Gasteiger partial charge on any atom is 0.151 e. The molecule has 0 aliphatic rings. The standard InChI is InChI=1S/C18H20ClNO2S2/c1-18(2,24(20)22)11-10-13-7-5-8-15(19)17(13)23-16-9-4-3-6-14(16)12-21/h3-9,12H,10-11,20H2,1-2H3. The summed E-state index contributed by atoms with van der Waals surface area (Å²) in [5, 5.41) is 6.21. The van der Waals surface area contributed by atoms with Gasteiger partial charge in [0.25, 0.3) is 0 Å². The third kappa shape index (κ3) is 4.77. The second-order valence-electron chi connectivity index (χ2n) is 6.04. The van der Waals surface area contributed by atoms with Crippen LogP contribution >= 0.6 is 23.4 Å². The van der Waals surface area contributed by atoms with Crippen LogP contribution in [-0.4, -0.2) is 15.6 Å². The SMILES string of the molecule is CC(C)(CCc1cccc(Cl)c1Sc1ccccc1C=O)[S+](N)[O-]. The molecule has 0 radical (unpaired) electrons. The van der Waals surface area contributed by atoms with Crippen molar-refractivity contribution >= 4 is 41.0 Å². The van der Waals surface area contributed by atoms with Crippen LogP contribution in [0.1, 0.15) is 36.2 Å². The van der Waals surface area contributed by atoms with Gasteiger partial charge in [0.15, 0.2) is 6.29 Å². The number of benzene rings is 2. The molecule has 2 aromatic carbocycles. The Labute approximate surface area is 155 Å². The van der Waals surface area contributed by atoms with Gasteiger partial charge in [-0.05, 0) is 38.0 Å². The monoisotopic (exact) mass is 381 g/mol. The van der Waals surface area contributed by atoms with Crippen molar-refractivity contribution in [3.05, 3.63) is 58.6 Å². The van der Waals surface area contributed by atoms with E-state index >= 15 is 0 Å². The van der Waals surface area contributed by atoms with E-state index in [-0.39, 0.29) is 0 Å². The molecule has 0 fully saturated rings. The predicted molar refractivity (Wildman–Crippen MR) is 102 cm³/mol. The Morgan fingerprint density at radius 2 is 1.96 bits per heavy atom. The second kappa shape index (κ2) is 8.41. The van der Waals surface area contributed by atoms with Crippen LogP contribution in [0, 0.1) is 0 Å². The number of hydrogen-bond acceptors (Lipinski definition) is 4. The van der Waals surface area contributed by atoms with Crippen molar-refractivity contribution in [1.82, 2.24) is 0 Å². The molecule has 128 valence electrons. The molecule has 6 heteroatoms. The number of aryl methyl sites for hydroxylation is 1. The minimum Gasteiger partial charge on any atom is -0.598 e. The first kappa shape index (κ1) is 19.3. The van der Waals surface area contributed by atoms with E-state index in [1.54, 1.807) is 6.07 Å². The molecule has 2 rings (SSSR count). The molecular weight excluding hydrogens is 362 g/mol. The molecule has 1 atom stereocenters. The smallest absolute Gasteiger partial charge is 0.151 e. The summed E-state index contributed by atoms with van der Waals surface area (Å²) in [6.45, 7) is 3.78. The molecule has 1 unspecified atom stereocenters. The van der Waals surface area contributed by atoms with E-state index in [0.717, 1.165) is 21.6 Å². The summed E-state index contributed by atoms with van der Waals surface area (Å²) in [4.78, 5) is 13.0. The van der Waals surface area contributed by atoms with Gasteiger partial charge in [-0.1, -0.05) is 53.7 Å². The van der Waals surface area contributed by atoms with Gasteiger partial charge < -0.3 is 4.55 Å². The lowest BCUT2D eigenvalue weighted by Gasteiger charge is -2.24. The predicted octanol–water partition coefficient (Wildman–Crippen LogP) is 4.64. The first-order valence-corrected chi connectivity index (χ1v) is 9.91. The van der Waals surface area contributed by atoms with Gasteiger partial charge in [0.2, 0.25) is 0 Å². The van der Waals surface area contributed by atoms with Crippen LogP contribution in [0.2, 0.25) is 5.02 Å². The summed E-state index contributed by atoms with van der Waals surface area (Å²) in [6.07, 6.45) is 2.24. The highest BCUT2D eigenvalue weighted by Gasteiger charge is 2.29. The van der Waals surface area contributed by atoms with E-state index in [0.29, 0.717) is 23.4 Å². The second-order valence-corrected chi connectivity index (χ2v) is 9.20. The van der Waals surface area contributed by atoms with Crippen LogP contribution in [0.3, 0.4) is 0 Å². The molecule has 3 nitrogen and oxygen atoms in total. The van der Waals surface area contributed by atoms with Crippen molar-refractivity contribution in [1.29, 1.82) is 0 Å². The van der Waals surface area contributed by atoms with Crippen LogP contribution in [0.4, 0.5) is 0 Å². The summed E-state index contributed by atoms with van der Waals surface area (Å²) < 4.78 is 11.2. The highest BCUT2D eigenvalue weighted by Crippen LogP contribution is 2.38. The van der Waals surface area contributed by atoms with Crippen LogP contribution < -0.4 is 5.14 Å². The minimum atomic E-state index is -1.39. The van der Waals surface area contributed by atoms with E-state index < -0.39 is 16.1 Å². The van der Waals surface area contributed by atoms with E-state index in [2.05, 4.69) is 0 Å². The summed E-state index contributed by atoms with van der Waals surface area (Å²) in [5.41, 5.74) is 1.70. The lowest BCUT2D eigenvalue weighted by molar-refractivity contribution is 0.112. The van der Waals surface area contributed by atoms with E-state index in [1.807, 2.05) is 50.2 Å². The highest BCUT2D eigenvalue weighted by molar-refractivity contribution is 7.99. The molecular formula is C18H20ClNO2S2. The van der Waals surface area contributed by atoms with Gasteiger partial charge in [0.05, 0.1) is 5.02 Å². The lowest BCUT2D eigenvalue weighted by atomic mass is 10.0. The molecule has 2 aromatic rings. The zero-order valence-corrected chi connectivity index (χ0v) is 16.0. The summed E-state index contributed by atoms with van der Waals surface area (Å²) in [5.74, 6) is 0. The summed E-state index contributed by atoms with van der Waals surface area (Å²) in [7, 11) is 0. The van der Waals surface area contributed by atoms with Gasteiger partial charge in [-0.25, -0.2) is 0 Å². The summed E-state index contributed by atoms with van der Waals surface area (Å²) >= 11 is 6.48. The van der Waals surface area contributed by atoms with Crippen molar-refractivity contribution in [3.63, 3.8) is 0 Å². The molecule has 0 spiro atoms. The Morgan fingerprint density at radius 1 is 1.25 bits per heavy atom. The number of halogens is 1. The normalized spacial score (nSPS) is 12.9. The fourth-order valence-electron chi connectivity index (χ4n) is 2.18. The van der Waals surface area contributed by atoms with Crippen LogP contribution in [0.25, 0.3) is 0 Å². The van der Waals surface area contributed by atoms with Crippen LogP contribution in [-0.2, 0) is 17.8 Å². The molecule has 0 aliphatic heterocycles. The first-order valence-electron chi connectivity index (χ1n) is 7.51. The first-order chi connectivity index (χ1) is 11.3. The fraction of sp³-hybridized carbons (Fsp3) is 0.278. The van der Waals surface area contributed by atoms with Gasteiger partial charge >= 0.3 is 0 Å². The van der Waals surface area contributed by atoms with Crippen molar-refractivity contribution in [2.75, 3.05) is 0 Å². The number of carbonyl (C=O) groups excluding carboxylic acids is 1. The molecule has 24 heavy (non-hydrogen) atoms. The molecule has 0 saturated heterocycles. The topological polar surface area (TPSA) is 66.2 Å². The number of aldehydes is 1. The molecule has 0 saturated carbocycles. The average molecular weight is 382 g/mol. The van der Waals surface area contributed by atoms with Gasteiger partial charge in [0.1, 0.15) is 4.75 Å². The number of carbonyl (C=O) groups is 1. The molecule has 0 aromatic heterocycles. The molecule has 0 aliphatic carbocycles. The number of hydrogen-bond donors (Lipinski definition) is 1. The molecule has 0 heterocycles. The molecule has 0 bridgehead atoms. The van der Waals surface area contributed by atoms with Crippen molar-refractivity contribution < 1.29 is 9.35 Å². The zero-order chi connectivity index (χ0) is 17.7. The Kier molecular flexibility index (Phi) is 6.78. The van der Waals surface area contributed by atoms with Gasteiger partial charge in [0, 0.05) is 33.1 Å². The highest BCUT2D eigenvalue weighted by atomic mass is 35.5. The molecule has 2 N–H and O–H groups in total. The van der Waals surface area contributed by atoms with E-state index in [4.69, 9.17) is 16.7 Å². The van der Waals surface area contributed by atoms with Crippen molar-refractivity contribution in [2.24, 2.45) is 5.14 Å². The van der Waals surface area contributed by atoms with Crippen molar-refractivity contribution in [3.8, 4) is 0 Å². The van der Waals surface area contributed by atoms with E-state index in [1.165, 1.54) is 11.8 Å². The summed E-state index contributed by atoms with van der Waals surface area (Å²) in [6, 6.07) is 13.2. The van der Waals surface area contributed by atoms with Gasteiger partial charge in [-0.3, -0.25) is 4.79 Å². The Morgan fingerprint density at radius 3 is 2.62 bits per heavy atom. The van der Waals surface area contributed by atoms with Gasteiger partial charge in [-0.15, -0.1) is 0 Å².